The molecular weight excluding hydrogens is 224 g/mol. The van der Waals surface area contributed by atoms with Crippen LogP contribution in [0.3, 0.4) is 0 Å². The van der Waals surface area contributed by atoms with Crippen LogP contribution in [0.15, 0.2) is 6.20 Å². The Labute approximate surface area is 110 Å². The average molecular weight is 250 g/mol. The Morgan fingerprint density at radius 2 is 2.11 bits per heavy atom. The van der Waals surface area contributed by atoms with Gasteiger partial charge in [0.05, 0.1) is 17.9 Å². The van der Waals surface area contributed by atoms with Crippen LogP contribution in [-0.2, 0) is 0 Å². The van der Waals surface area contributed by atoms with Crippen molar-refractivity contribution < 1.29 is 0 Å². The molecule has 0 radical (unpaired) electrons. The number of H-pyrrole nitrogens is 1. The highest BCUT2D eigenvalue weighted by Gasteiger charge is 2.28. The van der Waals surface area contributed by atoms with Gasteiger partial charge in [0.1, 0.15) is 0 Å². The minimum atomic E-state index is 0.390. The molecule has 1 heterocycles. The molecule has 0 aliphatic heterocycles. The Bertz CT molecular complexity index is 315. The molecule has 0 amide bonds. The number of nitrogens with one attached hydrogen (secondary N) is 2. The summed E-state index contributed by atoms with van der Waals surface area (Å²) in [4.78, 5) is 0. The SMILES string of the molecule is CCCNC(c1cn[nH]n1)C1CCC(CC)CC1. The quantitative estimate of drug-likeness (QED) is 0.816. The summed E-state index contributed by atoms with van der Waals surface area (Å²) in [7, 11) is 0. The molecule has 0 saturated heterocycles. The molecule has 1 aliphatic rings. The van der Waals surface area contributed by atoms with E-state index in [4.69, 9.17) is 0 Å². The predicted molar refractivity (Wildman–Crippen MR) is 73.2 cm³/mol. The van der Waals surface area contributed by atoms with E-state index in [1.807, 2.05) is 6.20 Å². The minimum Gasteiger partial charge on any atom is -0.308 e. The summed E-state index contributed by atoms with van der Waals surface area (Å²) in [5, 5.41) is 14.6. The summed E-state index contributed by atoms with van der Waals surface area (Å²) in [6, 6.07) is 0.390. The van der Waals surface area contributed by atoms with Crippen LogP contribution in [-0.4, -0.2) is 22.0 Å². The van der Waals surface area contributed by atoms with Crippen LogP contribution in [0.1, 0.15) is 64.1 Å². The molecule has 1 aromatic heterocycles. The van der Waals surface area contributed by atoms with E-state index in [1.165, 1.54) is 38.5 Å². The average Bonchev–Trinajstić information content (AvgIpc) is 2.94. The maximum Gasteiger partial charge on any atom is 0.0996 e. The van der Waals surface area contributed by atoms with Gasteiger partial charge in [0.25, 0.3) is 0 Å². The molecule has 1 aromatic rings. The molecule has 1 aliphatic carbocycles. The van der Waals surface area contributed by atoms with Crippen molar-refractivity contribution in [3.05, 3.63) is 11.9 Å². The van der Waals surface area contributed by atoms with E-state index in [1.54, 1.807) is 0 Å². The number of aromatic amines is 1. The molecule has 1 unspecified atom stereocenters. The lowest BCUT2D eigenvalue weighted by Crippen LogP contribution is -2.31. The predicted octanol–water partition coefficient (Wildman–Crippen LogP) is 3.06. The van der Waals surface area contributed by atoms with E-state index in [0.717, 1.165) is 24.1 Å². The second-order valence-electron chi connectivity index (χ2n) is 5.52. The van der Waals surface area contributed by atoms with Crippen LogP contribution in [0.5, 0.6) is 0 Å². The van der Waals surface area contributed by atoms with Gasteiger partial charge < -0.3 is 5.32 Å². The van der Waals surface area contributed by atoms with Gasteiger partial charge in [0.2, 0.25) is 0 Å². The lowest BCUT2D eigenvalue weighted by Gasteiger charge is -2.33. The zero-order valence-corrected chi connectivity index (χ0v) is 11.7. The maximum absolute atomic E-state index is 4.29. The molecule has 2 N–H and O–H groups in total. The molecule has 102 valence electrons. The van der Waals surface area contributed by atoms with Gasteiger partial charge in [0, 0.05) is 0 Å². The van der Waals surface area contributed by atoms with Crippen molar-refractivity contribution in [1.82, 2.24) is 20.7 Å². The van der Waals surface area contributed by atoms with E-state index in [-0.39, 0.29) is 0 Å². The minimum absolute atomic E-state index is 0.390. The van der Waals surface area contributed by atoms with E-state index in [0.29, 0.717) is 6.04 Å². The molecule has 0 spiro atoms. The second-order valence-corrected chi connectivity index (χ2v) is 5.52. The second kappa shape index (κ2) is 6.88. The summed E-state index contributed by atoms with van der Waals surface area (Å²) in [6.45, 7) is 5.58. The molecule has 1 saturated carbocycles. The fourth-order valence-corrected chi connectivity index (χ4v) is 3.10. The van der Waals surface area contributed by atoms with Crippen molar-refractivity contribution in [3.8, 4) is 0 Å². The Balaban J connectivity index is 1.96. The van der Waals surface area contributed by atoms with Gasteiger partial charge >= 0.3 is 0 Å². The van der Waals surface area contributed by atoms with E-state index < -0.39 is 0 Å². The van der Waals surface area contributed by atoms with Crippen molar-refractivity contribution in [3.63, 3.8) is 0 Å². The van der Waals surface area contributed by atoms with E-state index in [2.05, 4.69) is 34.6 Å². The van der Waals surface area contributed by atoms with Gasteiger partial charge in [-0.05, 0) is 37.6 Å². The van der Waals surface area contributed by atoms with Crippen molar-refractivity contribution in [1.29, 1.82) is 0 Å². The fourth-order valence-electron chi connectivity index (χ4n) is 3.10. The maximum atomic E-state index is 4.29. The molecule has 0 bridgehead atoms. The lowest BCUT2D eigenvalue weighted by molar-refractivity contribution is 0.216. The standard InChI is InChI=1S/C14H26N4/c1-3-9-15-14(13-10-16-18-17-13)12-7-5-11(4-2)6-8-12/h10-12,14-15H,3-9H2,1-2H3,(H,16,17,18). The Hall–Kier alpha value is -0.900. The lowest BCUT2D eigenvalue weighted by atomic mass is 9.77. The van der Waals surface area contributed by atoms with Crippen LogP contribution in [0.4, 0.5) is 0 Å². The normalized spacial score (nSPS) is 26.1. The van der Waals surface area contributed by atoms with Crippen molar-refractivity contribution in [2.45, 2.75) is 58.4 Å². The first-order valence-electron chi connectivity index (χ1n) is 7.44. The van der Waals surface area contributed by atoms with Gasteiger partial charge in [-0.1, -0.05) is 33.1 Å². The van der Waals surface area contributed by atoms with Crippen molar-refractivity contribution in [2.24, 2.45) is 11.8 Å². The highest BCUT2D eigenvalue weighted by Crippen LogP contribution is 2.37. The first-order chi connectivity index (χ1) is 8.85. The molecule has 1 fully saturated rings. The molecule has 18 heavy (non-hydrogen) atoms. The van der Waals surface area contributed by atoms with Gasteiger partial charge in [0.15, 0.2) is 0 Å². The zero-order chi connectivity index (χ0) is 12.8. The highest BCUT2D eigenvalue weighted by molar-refractivity contribution is 5.03. The topological polar surface area (TPSA) is 53.6 Å². The van der Waals surface area contributed by atoms with Gasteiger partial charge in [-0.15, -0.1) is 0 Å². The molecule has 1 atom stereocenters. The zero-order valence-electron chi connectivity index (χ0n) is 11.7. The highest BCUT2D eigenvalue weighted by atomic mass is 15.3. The number of nitrogens with zero attached hydrogens (tertiary/aromatic N) is 2. The Morgan fingerprint density at radius 3 is 2.67 bits per heavy atom. The van der Waals surface area contributed by atoms with Crippen LogP contribution in [0, 0.1) is 11.8 Å². The van der Waals surface area contributed by atoms with E-state index >= 15 is 0 Å². The van der Waals surface area contributed by atoms with Crippen LogP contribution >= 0.6 is 0 Å². The number of hydrogen-bond donors (Lipinski definition) is 2. The summed E-state index contributed by atoms with van der Waals surface area (Å²) in [6.07, 6.45) is 9.79. The number of hydrogen-bond acceptors (Lipinski definition) is 3. The fraction of sp³-hybridized carbons (Fsp3) is 0.857. The first-order valence-corrected chi connectivity index (χ1v) is 7.44. The van der Waals surface area contributed by atoms with Gasteiger partial charge in [-0.2, -0.15) is 15.4 Å². The number of aromatic nitrogens is 3. The van der Waals surface area contributed by atoms with E-state index in [9.17, 15) is 0 Å². The van der Waals surface area contributed by atoms with Gasteiger partial charge in [-0.3, -0.25) is 0 Å². The summed E-state index contributed by atoms with van der Waals surface area (Å²) >= 11 is 0. The molecular formula is C14H26N4. The smallest absolute Gasteiger partial charge is 0.0996 e. The Morgan fingerprint density at radius 1 is 1.33 bits per heavy atom. The van der Waals surface area contributed by atoms with Crippen LogP contribution < -0.4 is 5.32 Å². The molecule has 4 heteroatoms. The summed E-state index contributed by atoms with van der Waals surface area (Å²) in [5.74, 6) is 1.68. The van der Waals surface area contributed by atoms with Gasteiger partial charge in [-0.25, -0.2) is 0 Å². The number of rotatable bonds is 6. The van der Waals surface area contributed by atoms with Crippen LogP contribution in [0.2, 0.25) is 0 Å². The van der Waals surface area contributed by atoms with Crippen LogP contribution in [0.25, 0.3) is 0 Å². The first kappa shape index (κ1) is 13.5. The molecule has 0 aromatic carbocycles. The molecule has 4 nitrogen and oxygen atoms in total. The van der Waals surface area contributed by atoms with Crippen molar-refractivity contribution in [2.75, 3.05) is 6.54 Å². The summed E-state index contributed by atoms with van der Waals surface area (Å²) in [5.41, 5.74) is 1.09. The monoisotopic (exact) mass is 250 g/mol. The largest absolute Gasteiger partial charge is 0.308 e. The Kier molecular flexibility index (Phi) is 5.17. The van der Waals surface area contributed by atoms with Crippen molar-refractivity contribution >= 4 is 0 Å². The summed E-state index contributed by atoms with van der Waals surface area (Å²) < 4.78 is 0. The third-order valence-electron chi connectivity index (χ3n) is 4.31. The molecule has 2 rings (SSSR count). The third-order valence-corrected chi connectivity index (χ3v) is 4.31. The third kappa shape index (κ3) is 3.31.